The first kappa shape index (κ1) is 15.5. The summed E-state index contributed by atoms with van der Waals surface area (Å²) in [6, 6.07) is 5.97. The molecule has 1 aliphatic heterocycles. The average molecular weight is 293 g/mol. The van der Waals surface area contributed by atoms with E-state index >= 15 is 0 Å². The fraction of sp³-hybridized carbons (Fsp3) is 0.562. The lowest BCUT2D eigenvalue weighted by Gasteiger charge is -2.20. The number of carbonyl (C=O) groups excluding carboxylic acids is 1. The van der Waals surface area contributed by atoms with E-state index in [1.807, 2.05) is 18.2 Å². The Labute approximate surface area is 125 Å². The molecule has 0 aromatic heterocycles. The lowest BCUT2D eigenvalue weighted by molar-refractivity contribution is -0.140. The molecule has 1 saturated heterocycles. The van der Waals surface area contributed by atoms with Crippen LogP contribution in [0.3, 0.4) is 0 Å². The number of anilines is 1. The van der Waals surface area contributed by atoms with Crippen LogP contribution >= 0.6 is 0 Å². The Morgan fingerprint density at radius 1 is 1.24 bits per heavy atom. The molecule has 0 saturated carbocycles. The van der Waals surface area contributed by atoms with Gasteiger partial charge >= 0.3 is 5.97 Å². The van der Waals surface area contributed by atoms with Crippen LogP contribution in [0.25, 0.3) is 0 Å². The smallest absolute Gasteiger partial charge is 0.305 e. The van der Waals surface area contributed by atoms with E-state index in [-0.39, 0.29) is 5.97 Å². The summed E-state index contributed by atoms with van der Waals surface area (Å²) >= 11 is 0. The molecule has 1 unspecified atom stereocenters. The largest absolute Gasteiger partial charge is 0.493 e. The predicted molar refractivity (Wildman–Crippen MR) is 81.1 cm³/mol. The van der Waals surface area contributed by atoms with E-state index in [1.165, 1.54) is 7.11 Å². The molecular weight excluding hydrogens is 270 g/mol. The highest BCUT2D eigenvalue weighted by Crippen LogP contribution is 2.34. The highest BCUT2D eigenvalue weighted by molar-refractivity contribution is 5.69. The zero-order valence-electron chi connectivity index (χ0n) is 12.9. The first-order valence-electron chi connectivity index (χ1n) is 7.21. The van der Waals surface area contributed by atoms with Crippen molar-refractivity contribution in [3.05, 3.63) is 18.2 Å². The molecule has 5 nitrogen and oxygen atoms in total. The van der Waals surface area contributed by atoms with Crippen molar-refractivity contribution in [3.63, 3.8) is 0 Å². The minimum absolute atomic E-state index is 0.125. The molecule has 0 bridgehead atoms. The van der Waals surface area contributed by atoms with E-state index in [0.717, 1.165) is 43.1 Å². The van der Waals surface area contributed by atoms with Gasteiger partial charge in [0.15, 0.2) is 11.5 Å². The van der Waals surface area contributed by atoms with Crippen molar-refractivity contribution in [3.8, 4) is 11.5 Å². The summed E-state index contributed by atoms with van der Waals surface area (Å²) < 4.78 is 15.3. The van der Waals surface area contributed by atoms with Crippen LogP contribution < -0.4 is 14.4 Å². The van der Waals surface area contributed by atoms with Gasteiger partial charge in [-0.15, -0.1) is 0 Å². The Kier molecular flexibility index (Phi) is 5.31. The molecule has 1 aliphatic rings. The van der Waals surface area contributed by atoms with Crippen molar-refractivity contribution in [1.29, 1.82) is 0 Å². The summed E-state index contributed by atoms with van der Waals surface area (Å²) in [4.78, 5) is 13.5. The zero-order chi connectivity index (χ0) is 15.2. The van der Waals surface area contributed by atoms with Gasteiger partial charge in [-0.2, -0.15) is 0 Å². The van der Waals surface area contributed by atoms with Crippen LogP contribution in [0, 0.1) is 5.92 Å². The Hall–Kier alpha value is -1.91. The van der Waals surface area contributed by atoms with Crippen LogP contribution in [0.5, 0.6) is 11.5 Å². The van der Waals surface area contributed by atoms with Gasteiger partial charge in [0.2, 0.25) is 0 Å². The number of esters is 1. The van der Waals surface area contributed by atoms with Crippen LogP contribution in [0.4, 0.5) is 5.69 Å². The molecule has 1 aromatic carbocycles. The van der Waals surface area contributed by atoms with Crippen LogP contribution in [0.15, 0.2) is 18.2 Å². The van der Waals surface area contributed by atoms with Gasteiger partial charge < -0.3 is 19.1 Å². The maximum Gasteiger partial charge on any atom is 0.305 e. The van der Waals surface area contributed by atoms with E-state index in [9.17, 15) is 4.79 Å². The van der Waals surface area contributed by atoms with Crippen LogP contribution in [0.2, 0.25) is 0 Å². The highest BCUT2D eigenvalue weighted by atomic mass is 16.5. The van der Waals surface area contributed by atoms with Gasteiger partial charge in [-0.3, -0.25) is 4.79 Å². The lowest BCUT2D eigenvalue weighted by Crippen LogP contribution is -2.20. The van der Waals surface area contributed by atoms with Crippen molar-refractivity contribution in [1.82, 2.24) is 0 Å². The number of nitrogens with zero attached hydrogens (tertiary/aromatic N) is 1. The molecule has 0 spiro atoms. The van der Waals surface area contributed by atoms with Crippen LogP contribution in [0.1, 0.15) is 19.3 Å². The van der Waals surface area contributed by atoms with E-state index in [4.69, 9.17) is 14.2 Å². The van der Waals surface area contributed by atoms with Gasteiger partial charge in [-0.25, -0.2) is 0 Å². The quantitative estimate of drug-likeness (QED) is 0.754. The first-order valence-corrected chi connectivity index (χ1v) is 7.21. The Balaban J connectivity index is 1.96. The summed E-state index contributed by atoms with van der Waals surface area (Å²) in [7, 11) is 4.72. The van der Waals surface area contributed by atoms with Gasteiger partial charge in [0.1, 0.15) is 0 Å². The fourth-order valence-corrected chi connectivity index (χ4v) is 2.75. The molecule has 5 heteroatoms. The van der Waals surface area contributed by atoms with E-state index in [0.29, 0.717) is 12.3 Å². The van der Waals surface area contributed by atoms with Gasteiger partial charge in [-0.1, -0.05) is 0 Å². The fourth-order valence-electron chi connectivity index (χ4n) is 2.75. The number of benzene rings is 1. The van der Waals surface area contributed by atoms with Crippen LogP contribution in [-0.2, 0) is 9.53 Å². The third-order valence-electron chi connectivity index (χ3n) is 4.00. The molecule has 1 heterocycles. The van der Waals surface area contributed by atoms with Crippen LogP contribution in [-0.4, -0.2) is 40.4 Å². The van der Waals surface area contributed by atoms with Crippen molar-refractivity contribution < 1.29 is 19.0 Å². The molecular formula is C16H23NO4. The number of hydrogen-bond donors (Lipinski definition) is 0. The summed E-state index contributed by atoms with van der Waals surface area (Å²) in [5.41, 5.74) is 1.13. The molecule has 1 aromatic rings. The maximum absolute atomic E-state index is 11.2. The third kappa shape index (κ3) is 3.80. The summed E-state index contributed by atoms with van der Waals surface area (Å²) in [5.74, 6) is 1.90. The highest BCUT2D eigenvalue weighted by Gasteiger charge is 2.24. The summed E-state index contributed by atoms with van der Waals surface area (Å²) in [5, 5.41) is 0. The second kappa shape index (κ2) is 7.20. The monoisotopic (exact) mass is 293 g/mol. The van der Waals surface area contributed by atoms with Crippen molar-refractivity contribution in [2.24, 2.45) is 5.92 Å². The number of hydrogen-bond acceptors (Lipinski definition) is 5. The number of rotatable bonds is 6. The normalized spacial score (nSPS) is 17.7. The molecule has 2 rings (SSSR count). The SMILES string of the molecule is COC(=O)CCC1CCN(c2ccc(OC)c(OC)c2)C1. The van der Waals surface area contributed by atoms with Crippen molar-refractivity contribution in [2.45, 2.75) is 19.3 Å². The van der Waals surface area contributed by atoms with Gasteiger partial charge in [0.05, 0.1) is 21.3 Å². The average Bonchev–Trinajstić information content (AvgIpc) is 3.00. The Bertz CT molecular complexity index is 489. The standard InChI is InChI=1S/C16H23NO4/c1-19-14-6-5-13(10-15(14)20-2)17-9-8-12(11-17)4-7-16(18)21-3/h5-6,10,12H,4,7-9,11H2,1-3H3. The van der Waals surface area contributed by atoms with Crippen molar-refractivity contribution >= 4 is 11.7 Å². The van der Waals surface area contributed by atoms with E-state index in [2.05, 4.69) is 4.90 Å². The van der Waals surface area contributed by atoms with Gasteiger partial charge in [0, 0.05) is 31.3 Å². The number of carbonyl (C=O) groups is 1. The molecule has 0 N–H and O–H groups in total. The molecule has 116 valence electrons. The van der Waals surface area contributed by atoms with Crippen molar-refractivity contribution in [2.75, 3.05) is 39.3 Å². The van der Waals surface area contributed by atoms with E-state index < -0.39 is 0 Å². The predicted octanol–water partition coefficient (Wildman–Crippen LogP) is 2.48. The first-order chi connectivity index (χ1) is 10.2. The number of ether oxygens (including phenoxy) is 3. The zero-order valence-corrected chi connectivity index (χ0v) is 12.9. The molecule has 21 heavy (non-hydrogen) atoms. The van der Waals surface area contributed by atoms with Gasteiger partial charge in [0.25, 0.3) is 0 Å². The third-order valence-corrected chi connectivity index (χ3v) is 4.00. The molecule has 1 fully saturated rings. The second-order valence-electron chi connectivity index (χ2n) is 5.25. The topological polar surface area (TPSA) is 48.0 Å². The minimum Gasteiger partial charge on any atom is -0.493 e. The summed E-state index contributed by atoms with van der Waals surface area (Å²) in [6.45, 7) is 1.97. The molecule has 0 amide bonds. The van der Waals surface area contributed by atoms with E-state index in [1.54, 1.807) is 14.2 Å². The minimum atomic E-state index is -0.125. The lowest BCUT2D eigenvalue weighted by atomic mass is 10.0. The Morgan fingerprint density at radius 3 is 2.67 bits per heavy atom. The molecule has 1 atom stereocenters. The second-order valence-corrected chi connectivity index (χ2v) is 5.25. The van der Waals surface area contributed by atoms with Gasteiger partial charge in [-0.05, 0) is 30.9 Å². The molecule has 0 aliphatic carbocycles. The maximum atomic E-state index is 11.2. The molecule has 0 radical (unpaired) electrons. The Morgan fingerprint density at radius 2 is 2.00 bits per heavy atom. The number of methoxy groups -OCH3 is 3. The summed E-state index contributed by atoms with van der Waals surface area (Å²) in [6.07, 6.45) is 2.49.